The number of H-pyrrole nitrogens is 1. The van der Waals surface area contributed by atoms with Gasteiger partial charge in [-0.2, -0.15) is 0 Å². The molecule has 5 heteroatoms. The van der Waals surface area contributed by atoms with E-state index in [1.165, 1.54) is 11.3 Å². The Labute approximate surface area is 72.4 Å². The number of nitrogens with two attached hydrogens (primary N) is 1. The average Bonchev–Trinajstić information content (AvgIpc) is 2.42. The van der Waals surface area contributed by atoms with Gasteiger partial charge in [0.15, 0.2) is 0 Å². The van der Waals surface area contributed by atoms with Crippen LogP contribution in [0, 0.1) is 6.92 Å². The second-order valence-electron chi connectivity index (χ2n) is 2.49. The van der Waals surface area contributed by atoms with E-state index in [1.54, 1.807) is 6.07 Å². The molecule has 0 saturated heterocycles. The molecule has 2 aromatic rings. The molecular weight excluding hydrogens is 174 g/mol. The average molecular weight is 181 g/mol. The molecular formula is C7H7N3OS. The highest BCUT2D eigenvalue weighted by molar-refractivity contribution is 7.18. The Bertz CT molecular complexity index is 411. The van der Waals surface area contributed by atoms with Gasteiger partial charge in [-0.1, -0.05) is 0 Å². The minimum atomic E-state index is -0.446. The van der Waals surface area contributed by atoms with E-state index >= 15 is 0 Å². The predicted molar refractivity (Wildman–Crippen MR) is 47.2 cm³/mol. The molecule has 4 nitrogen and oxygen atoms in total. The van der Waals surface area contributed by atoms with E-state index < -0.39 is 5.91 Å². The summed E-state index contributed by atoms with van der Waals surface area (Å²) in [4.78, 5) is 18.7. The van der Waals surface area contributed by atoms with Gasteiger partial charge in [-0.25, -0.2) is 4.98 Å². The molecule has 2 heterocycles. The Kier molecular flexibility index (Phi) is 1.41. The number of aromatic amines is 1. The summed E-state index contributed by atoms with van der Waals surface area (Å²) >= 11 is 1.52. The molecule has 0 aliphatic carbocycles. The molecule has 0 bridgehead atoms. The molecule has 0 atom stereocenters. The van der Waals surface area contributed by atoms with Crippen molar-refractivity contribution in [3.05, 3.63) is 16.8 Å². The Balaban J connectivity index is 2.64. The van der Waals surface area contributed by atoms with Gasteiger partial charge in [0.25, 0.3) is 5.91 Å². The molecule has 0 saturated carbocycles. The van der Waals surface area contributed by atoms with Crippen molar-refractivity contribution in [3.8, 4) is 0 Å². The Morgan fingerprint density at radius 2 is 2.50 bits per heavy atom. The lowest BCUT2D eigenvalue weighted by Crippen LogP contribution is -2.10. The first-order valence-electron chi connectivity index (χ1n) is 3.43. The Hall–Kier alpha value is -1.36. The van der Waals surface area contributed by atoms with Crippen LogP contribution in [-0.4, -0.2) is 15.9 Å². The zero-order valence-electron chi connectivity index (χ0n) is 6.42. The number of thiazole rings is 1. The topological polar surface area (TPSA) is 71.8 Å². The predicted octanol–water partition coefficient (Wildman–Crippen LogP) is 1.03. The second-order valence-corrected chi connectivity index (χ2v) is 3.70. The molecule has 62 valence electrons. The van der Waals surface area contributed by atoms with E-state index in [2.05, 4.69) is 9.97 Å². The summed E-state index contributed by atoms with van der Waals surface area (Å²) in [5.41, 5.74) is 6.31. The number of hydrogen-bond donors (Lipinski definition) is 2. The zero-order valence-corrected chi connectivity index (χ0v) is 7.23. The van der Waals surface area contributed by atoms with Gasteiger partial charge in [0.1, 0.15) is 16.0 Å². The summed E-state index contributed by atoms with van der Waals surface area (Å²) in [6.07, 6.45) is 0. The van der Waals surface area contributed by atoms with Gasteiger partial charge in [-0.15, -0.1) is 11.3 Å². The highest BCUT2D eigenvalue weighted by atomic mass is 32.1. The third kappa shape index (κ3) is 0.984. The van der Waals surface area contributed by atoms with Gasteiger partial charge < -0.3 is 10.7 Å². The van der Waals surface area contributed by atoms with Crippen LogP contribution in [0.15, 0.2) is 6.07 Å². The minimum absolute atomic E-state index is 0.420. The van der Waals surface area contributed by atoms with Crippen LogP contribution in [0.5, 0.6) is 0 Å². The summed E-state index contributed by atoms with van der Waals surface area (Å²) in [6.45, 7) is 1.92. The maximum absolute atomic E-state index is 10.7. The fraction of sp³-hybridized carbons (Fsp3) is 0.143. The second kappa shape index (κ2) is 2.31. The van der Waals surface area contributed by atoms with Crippen LogP contribution in [0.3, 0.4) is 0 Å². The normalized spacial score (nSPS) is 10.8. The lowest BCUT2D eigenvalue weighted by atomic mass is 10.4. The van der Waals surface area contributed by atoms with Gasteiger partial charge >= 0.3 is 0 Å². The zero-order chi connectivity index (χ0) is 8.72. The van der Waals surface area contributed by atoms with E-state index in [0.717, 1.165) is 15.4 Å². The highest BCUT2D eigenvalue weighted by Crippen LogP contribution is 2.21. The fourth-order valence-electron chi connectivity index (χ4n) is 1.06. The smallest absolute Gasteiger partial charge is 0.265 e. The maximum atomic E-state index is 10.7. The van der Waals surface area contributed by atoms with Gasteiger partial charge in [-0.3, -0.25) is 4.79 Å². The number of nitrogens with zero attached hydrogens (tertiary/aromatic N) is 1. The molecule has 1 amide bonds. The van der Waals surface area contributed by atoms with E-state index in [4.69, 9.17) is 5.73 Å². The summed E-state index contributed by atoms with van der Waals surface area (Å²) < 4.78 is 0. The first-order chi connectivity index (χ1) is 5.66. The summed E-state index contributed by atoms with van der Waals surface area (Å²) in [7, 11) is 0. The van der Waals surface area contributed by atoms with E-state index in [1.807, 2.05) is 6.92 Å². The van der Waals surface area contributed by atoms with Crippen LogP contribution in [0.1, 0.15) is 15.5 Å². The standard InChI is InChI=1S/C7H7N3OS/c1-3-9-5-2-4(6(8)11)10-7(5)12-3/h2,10H,1H3,(H2,8,11). The number of fused-ring (bicyclic) bond motifs is 1. The monoisotopic (exact) mass is 181 g/mol. The molecule has 3 N–H and O–H groups in total. The van der Waals surface area contributed by atoms with Gasteiger partial charge in [0.05, 0.1) is 5.01 Å². The fourth-order valence-corrected chi connectivity index (χ4v) is 1.87. The SMILES string of the molecule is Cc1nc2cc(C(N)=O)[nH]c2s1. The van der Waals surface area contributed by atoms with Crippen LogP contribution < -0.4 is 5.73 Å². The van der Waals surface area contributed by atoms with Crippen molar-refractivity contribution in [2.75, 3.05) is 0 Å². The lowest BCUT2D eigenvalue weighted by molar-refractivity contribution is 0.0996. The quantitative estimate of drug-likeness (QED) is 0.689. The summed E-state index contributed by atoms with van der Waals surface area (Å²) in [6, 6.07) is 1.67. The molecule has 2 aromatic heterocycles. The minimum Gasteiger partial charge on any atom is -0.364 e. The largest absolute Gasteiger partial charge is 0.364 e. The highest BCUT2D eigenvalue weighted by Gasteiger charge is 2.08. The first-order valence-corrected chi connectivity index (χ1v) is 4.24. The molecule has 0 spiro atoms. The molecule has 0 aliphatic rings. The number of amides is 1. The molecule has 2 rings (SSSR count). The number of primary amides is 1. The molecule has 0 aliphatic heterocycles. The van der Waals surface area contributed by atoms with E-state index in [0.29, 0.717) is 5.69 Å². The summed E-state index contributed by atoms with van der Waals surface area (Å²) in [5.74, 6) is -0.446. The van der Waals surface area contributed by atoms with E-state index in [-0.39, 0.29) is 0 Å². The summed E-state index contributed by atoms with van der Waals surface area (Å²) in [5, 5.41) is 0.979. The first kappa shape index (κ1) is 7.30. The lowest BCUT2D eigenvalue weighted by Gasteiger charge is -1.84. The van der Waals surface area contributed by atoms with Crippen molar-refractivity contribution < 1.29 is 4.79 Å². The van der Waals surface area contributed by atoms with E-state index in [9.17, 15) is 4.79 Å². The van der Waals surface area contributed by atoms with Gasteiger partial charge in [0, 0.05) is 0 Å². The number of aryl methyl sites for hydroxylation is 1. The number of rotatable bonds is 1. The number of aromatic nitrogens is 2. The van der Waals surface area contributed by atoms with Crippen molar-refractivity contribution in [3.63, 3.8) is 0 Å². The van der Waals surface area contributed by atoms with Crippen LogP contribution in [0.25, 0.3) is 10.3 Å². The van der Waals surface area contributed by atoms with Gasteiger partial charge in [0.2, 0.25) is 0 Å². The number of hydrogen-bond acceptors (Lipinski definition) is 3. The van der Waals surface area contributed by atoms with Crippen LogP contribution in [0.4, 0.5) is 0 Å². The van der Waals surface area contributed by atoms with Crippen molar-refractivity contribution in [1.82, 2.24) is 9.97 Å². The van der Waals surface area contributed by atoms with Crippen LogP contribution in [0.2, 0.25) is 0 Å². The maximum Gasteiger partial charge on any atom is 0.265 e. The molecule has 0 aromatic carbocycles. The van der Waals surface area contributed by atoms with Crippen LogP contribution >= 0.6 is 11.3 Å². The van der Waals surface area contributed by atoms with Crippen LogP contribution in [-0.2, 0) is 0 Å². The van der Waals surface area contributed by atoms with Crippen molar-refractivity contribution >= 4 is 27.6 Å². The Morgan fingerprint density at radius 3 is 3.08 bits per heavy atom. The Morgan fingerprint density at radius 1 is 1.75 bits per heavy atom. The number of carbonyl (C=O) groups excluding carboxylic acids is 1. The van der Waals surface area contributed by atoms with Crippen molar-refractivity contribution in [2.24, 2.45) is 5.73 Å². The van der Waals surface area contributed by atoms with Crippen molar-refractivity contribution in [2.45, 2.75) is 6.92 Å². The third-order valence-electron chi connectivity index (χ3n) is 1.56. The molecule has 0 unspecified atom stereocenters. The number of nitrogens with one attached hydrogen (secondary N) is 1. The van der Waals surface area contributed by atoms with Crippen molar-refractivity contribution in [1.29, 1.82) is 0 Å². The molecule has 0 fully saturated rings. The van der Waals surface area contributed by atoms with Gasteiger partial charge in [-0.05, 0) is 13.0 Å². The molecule has 12 heavy (non-hydrogen) atoms. The molecule has 0 radical (unpaired) electrons. The third-order valence-corrected chi connectivity index (χ3v) is 2.46. The number of carbonyl (C=O) groups is 1.